The fraction of sp³-hybridized carbons (Fsp3) is 0.444. The van der Waals surface area contributed by atoms with Gasteiger partial charge < -0.3 is 9.42 Å². The second-order valence-corrected chi connectivity index (χ2v) is 7.15. The van der Waals surface area contributed by atoms with Crippen LogP contribution in [0.15, 0.2) is 28.8 Å². The van der Waals surface area contributed by atoms with E-state index in [4.69, 9.17) is 4.52 Å². The van der Waals surface area contributed by atoms with E-state index in [9.17, 15) is 9.18 Å². The molecule has 0 bridgehead atoms. The molecule has 5 nitrogen and oxygen atoms in total. The van der Waals surface area contributed by atoms with Crippen molar-refractivity contribution in [2.75, 3.05) is 23.3 Å². The zero-order valence-corrected chi connectivity index (χ0v) is 14.2. The molecule has 0 radical (unpaired) electrons. The van der Waals surface area contributed by atoms with Gasteiger partial charge in [0.15, 0.2) is 0 Å². The van der Waals surface area contributed by atoms with Gasteiger partial charge in [0.2, 0.25) is 11.8 Å². The minimum Gasteiger partial charge on any atom is -0.360 e. The average molecular weight is 331 g/mol. The van der Waals surface area contributed by atoms with Gasteiger partial charge in [-0.15, -0.1) is 0 Å². The van der Waals surface area contributed by atoms with E-state index in [0.717, 1.165) is 24.1 Å². The number of halogens is 1. The molecule has 0 atom stereocenters. The molecule has 0 aliphatic carbocycles. The van der Waals surface area contributed by atoms with Crippen molar-refractivity contribution in [3.05, 3.63) is 41.3 Å². The first kappa shape index (κ1) is 16.5. The molecule has 0 unspecified atom stereocenters. The maximum absolute atomic E-state index is 14.1. The average Bonchev–Trinajstić information content (AvgIpc) is 2.96. The molecule has 0 saturated carbocycles. The van der Waals surface area contributed by atoms with Gasteiger partial charge in [0, 0.05) is 18.0 Å². The molecule has 0 saturated heterocycles. The normalized spacial score (nSPS) is 14.4. The van der Waals surface area contributed by atoms with Crippen molar-refractivity contribution in [2.45, 2.75) is 39.0 Å². The number of rotatable bonds is 3. The smallest absolute Gasteiger partial charge is 0.246 e. The Morgan fingerprint density at radius 1 is 1.42 bits per heavy atom. The monoisotopic (exact) mass is 331 g/mol. The standard InChI is InChI=1S/C18H22FN3O2/c1-18(2,3)14-10-16(24-21-14)20-15(23)11-22-9-5-7-12-6-4-8-13(19)17(12)22/h4,6,8,10H,5,7,9,11H2,1-3H3,(H,20,23). The molecule has 2 aromatic rings. The molecule has 1 aromatic heterocycles. The van der Waals surface area contributed by atoms with E-state index in [2.05, 4.69) is 10.5 Å². The van der Waals surface area contributed by atoms with Gasteiger partial charge in [-0.3, -0.25) is 10.1 Å². The summed E-state index contributed by atoms with van der Waals surface area (Å²) in [5.74, 6) is -0.215. The van der Waals surface area contributed by atoms with E-state index in [1.54, 1.807) is 17.0 Å². The Bertz CT molecular complexity index is 749. The number of hydrogen-bond acceptors (Lipinski definition) is 4. The van der Waals surface area contributed by atoms with E-state index in [1.807, 2.05) is 26.8 Å². The molecule has 1 aliphatic heterocycles. The van der Waals surface area contributed by atoms with Crippen LogP contribution in [0, 0.1) is 5.82 Å². The van der Waals surface area contributed by atoms with E-state index in [-0.39, 0.29) is 23.7 Å². The lowest BCUT2D eigenvalue weighted by molar-refractivity contribution is -0.115. The van der Waals surface area contributed by atoms with Crippen molar-refractivity contribution in [1.82, 2.24) is 5.16 Å². The van der Waals surface area contributed by atoms with Gasteiger partial charge >= 0.3 is 0 Å². The Morgan fingerprint density at radius 2 is 2.21 bits per heavy atom. The van der Waals surface area contributed by atoms with Crippen molar-refractivity contribution >= 4 is 17.5 Å². The quantitative estimate of drug-likeness (QED) is 0.935. The van der Waals surface area contributed by atoms with Gasteiger partial charge in [0.25, 0.3) is 0 Å². The first-order valence-electron chi connectivity index (χ1n) is 8.14. The number of para-hydroxylation sites is 1. The topological polar surface area (TPSA) is 58.4 Å². The van der Waals surface area contributed by atoms with E-state index in [0.29, 0.717) is 18.1 Å². The van der Waals surface area contributed by atoms with Crippen LogP contribution in [-0.4, -0.2) is 24.2 Å². The fourth-order valence-corrected chi connectivity index (χ4v) is 2.88. The number of amides is 1. The van der Waals surface area contributed by atoms with Gasteiger partial charge in [0.05, 0.1) is 17.9 Å². The van der Waals surface area contributed by atoms with Gasteiger partial charge in [-0.1, -0.05) is 38.1 Å². The molecule has 1 aromatic carbocycles. The third kappa shape index (κ3) is 3.42. The predicted molar refractivity (Wildman–Crippen MR) is 90.8 cm³/mol. The molecule has 0 fully saturated rings. The van der Waals surface area contributed by atoms with Crippen LogP contribution >= 0.6 is 0 Å². The highest BCUT2D eigenvalue weighted by atomic mass is 19.1. The van der Waals surface area contributed by atoms with Crippen LogP contribution in [0.3, 0.4) is 0 Å². The molecule has 1 aliphatic rings. The van der Waals surface area contributed by atoms with E-state index in [1.165, 1.54) is 6.07 Å². The third-order valence-electron chi connectivity index (χ3n) is 4.14. The summed E-state index contributed by atoms with van der Waals surface area (Å²) >= 11 is 0. The highest BCUT2D eigenvalue weighted by Crippen LogP contribution is 2.30. The van der Waals surface area contributed by atoms with Gasteiger partial charge in [-0.05, 0) is 24.5 Å². The molecule has 0 spiro atoms. The Morgan fingerprint density at radius 3 is 2.92 bits per heavy atom. The van der Waals surface area contributed by atoms with Crippen LogP contribution in [0.2, 0.25) is 0 Å². The first-order chi connectivity index (χ1) is 11.3. The third-order valence-corrected chi connectivity index (χ3v) is 4.14. The van der Waals surface area contributed by atoms with E-state index < -0.39 is 0 Å². The summed E-state index contributed by atoms with van der Waals surface area (Å²) in [5.41, 5.74) is 2.10. The number of carbonyl (C=O) groups excluding carboxylic acids is 1. The zero-order valence-electron chi connectivity index (χ0n) is 14.2. The minimum atomic E-state index is -0.283. The number of fused-ring (bicyclic) bond motifs is 1. The number of carbonyl (C=O) groups is 1. The Balaban J connectivity index is 1.69. The zero-order chi connectivity index (χ0) is 17.3. The van der Waals surface area contributed by atoms with Gasteiger partial charge in [-0.25, -0.2) is 4.39 Å². The van der Waals surface area contributed by atoms with Crippen LogP contribution < -0.4 is 10.2 Å². The Hall–Kier alpha value is -2.37. The van der Waals surface area contributed by atoms with Crippen molar-refractivity contribution in [2.24, 2.45) is 0 Å². The lowest BCUT2D eigenvalue weighted by Crippen LogP contribution is -2.37. The lowest BCUT2D eigenvalue weighted by Gasteiger charge is -2.30. The minimum absolute atomic E-state index is 0.0828. The van der Waals surface area contributed by atoms with Gasteiger partial charge in [0.1, 0.15) is 5.82 Å². The van der Waals surface area contributed by atoms with Crippen LogP contribution in [-0.2, 0) is 16.6 Å². The number of aryl methyl sites for hydroxylation is 1. The number of anilines is 2. The number of nitrogens with zero attached hydrogens (tertiary/aromatic N) is 2. The van der Waals surface area contributed by atoms with Crippen LogP contribution in [0.25, 0.3) is 0 Å². The highest BCUT2D eigenvalue weighted by Gasteiger charge is 2.24. The second kappa shape index (κ2) is 6.26. The number of benzene rings is 1. The van der Waals surface area contributed by atoms with Gasteiger partial charge in [-0.2, -0.15) is 0 Å². The maximum Gasteiger partial charge on any atom is 0.246 e. The Labute approximate surface area is 140 Å². The summed E-state index contributed by atoms with van der Waals surface area (Å²) < 4.78 is 19.3. The number of nitrogens with one attached hydrogen (secondary N) is 1. The first-order valence-corrected chi connectivity index (χ1v) is 8.14. The molecular formula is C18H22FN3O2. The summed E-state index contributed by atoms with van der Waals surface area (Å²) in [6.07, 6.45) is 1.74. The van der Waals surface area contributed by atoms with Crippen molar-refractivity contribution in [3.63, 3.8) is 0 Å². The molecule has 24 heavy (non-hydrogen) atoms. The lowest BCUT2D eigenvalue weighted by atomic mass is 9.92. The Kier molecular flexibility index (Phi) is 4.30. The molecule has 1 N–H and O–H groups in total. The predicted octanol–water partition coefficient (Wildman–Crippen LogP) is 3.50. The molecule has 3 rings (SSSR count). The van der Waals surface area contributed by atoms with Crippen LogP contribution in [0.1, 0.15) is 38.4 Å². The number of hydrogen-bond donors (Lipinski definition) is 1. The molecule has 6 heteroatoms. The number of aromatic nitrogens is 1. The van der Waals surface area contributed by atoms with Crippen molar-refractivity contribution in [1.29, 1.82) is 0 Å². The highest BCUT2D eigenvalue weighted by molar-refractivity contribution is 5.93. The largest absolute Gasteiger partial charge is 0.360 e. The fourth-order valence-electron chi connectivity index (χ4n) is 2.88. The van der Waals surface area contributed by atoms with Crippen molar-refractivity contribution < 1.29 is 13.7 Å². The van der Waals surface area contributed by atoms with Crippen LogP contribution in [0.5, 0.6) is 0 Å². The van der Waals surface area contributed by atoms with Crippen molar-refractivity contribution in [3.8, 4) is 0 Å². The molecular weight excluding hydrogens is 309 g/mol. The van der Waals surface area contributed by atoms with E-state index >= 15 is 0 Å². The maximum atomic E-state index is 14.1. The SMILES string of the molecule is CC(C)(C)c1cc(NC(=O)CN2CCCc3cccc(F)c32)on1. The summed E-state index contributed by atoms with van der Waals surface area (Å²) in [4.78, 5) is 14.1. The summed E-state index contributed by atoms with van der Waals surface area (Å²) in [5, 5.41) is 6.67. The molecule has 1 amide bonds. The summed E-state index contributed by atoms with van der Waals surface area (Å²) in [6.45, 7) is 6.79. The second-order valence-electron chi connectivity index (χ2n) is 7.15. The van der Waals surface area contributed by atoms with Crippen LogP contribution in [0.4, 0.5) is 16.0 Å². The summed E-state index contributed by atoms with van der Waals surface area (Å²) in [6, 6.07) is 6.78. The molecule has 2 heterocycles. The molecule has 128 valence electrons. The summed E-state index contributed by atoms with van der Waals surface area (Å²) in [7, 11) is 0.